The summed E-state index contributed by atoms with van der Waals surface area (Å²) < 4.78 is 5.47. The van der Waals surface area contributed by atoms with Gasteiger partial charge in [-0.1, -0.05) is 12.1 Å². The Morgan fingerprint density at radius 3 is 2.88 bits per heavy atom. The molecule has 0 saturated carbocycles. The Morgan fingerprint density at radius 1 is 1.50 bits per heavy atom. The van der Waals surface area contributed by atoms with Crippen molar-refractivity contribution in [2.45, 2.75) is 13.0 Å². The van der Waals surface area contributed by atoms with E-state index in [2.05, 4.69) is 4.37 Å². The van der Waals surface area contributed by atoms with E-state index in [4.69, 9.17) is 5.73 Å². The average Bonchev–Trinajstić information content (AvgIpc) is 2.70. The number of anilines is 1. The summed E-state index contributed by atoms with van der Waals surface area (Å²) in [5.74, 6) is 0.464. The van der Waals surface area contributed by atoms with Gasteiger partial charge >= 0.3 is 0 Å². The van der Waals surface area contributed by atoms with E-state index in [1.807, 2.05) is 31.3 Å². The van der Waals surface area contributed by atoms with Crippen molar-refractivity contribution < 1.29 is 4.79 Å². The van der Waals surface area contributed by atoms with Gasteiger partial charge in [0.1, 0.15) is 6.04 Å². The van der Waals surface area contributed by atoms with Gasteiger partial charge in [0.15, 0.2) is 5.82 Å². The van der Waals surface area contributed by atoms with E-state index in [-0.39, 0.29) is 11.9 Å². The number of aromatic nitrogens is 1. The van der Waals surface area contributed by atoms with Crippen LogP contribution in [0.4, 0.5) is 5.82 Å². The summed E-state index contributed by atoms with van der Waals surface area (Å²) in [6.45, 7) is 1.77. The van der Waals surface area contributed by atoms with Crippen molar-refractivity contribution in [1.82, 2.24) is 4.37 Å². The molecule has 1 aromatic carbocycles. The molecule has 0 aliphatic carbocycles. The van der Waals surface area contributed by atoms with Gasteiger partial charge in [0.25, 0.3) is 0 Å². The summed E-state index contributed by atoms with van der Waals surface area (Å²) in [4.78, 5) is 12.9. The van der Waals surface area contributed by atoms with Crippen LogP contribution in [-0.2, 0) is 4.79 Å². The van der Waals surface area contributed by atoms with Gasteiger partial charge in [0, 0.05) is 12.4 Å². The third kappa shape index (κ3) is 1.74. The molecule has 0 aliphatic rings. The predicted molar refractivity (Wildman–Crippen MR) is 66.7 cm³/mol. The smallest absolute Gasteiger partial charge is 0.239 e. The minimum absolute atomic E-state index is 0.348. The lowest BCUT2D eigenvalue weighted by molar-refractivity contribution is -0.118. The summed E-state index contributed by atoms with van der Waals surface area (Å²) in [7, 11) is 1.83. The van der Waals surface area contributed by atoms with Crippen LogP contribution < -0.4 is 10.6 Å². The van der Waals surface area contributed by atoms with E-state index in [9.17, 15) is 4.79 Å². The van der Waals surface area contributed by atoms with E-state index in [1.165, 1.54) is 11.5 Å². The molecule has 1 atom stereocenters. The fourth-order valence-electron chi connectivity index (χ4n) is 1.50. The van der Waals surface area contributed by atoms with Crippen molar-refractivity contribution in [2.24, 2.45) is 5.73 Å². The monoisotopic (exact) mass is 235 g/mol. The van der Waals surface area contributed by atoms with Gasteiger partial charge in [0.2, 0.25) is 5.91 Å². The largest absolute Gasteiger partial charge is 0.368 e. The number of amides is 1. The second-order valence-corrected chi connectivity index (χ2v) is 4.50. The number of nitrogens with two attached hydrogens (primary N) is 1. The Morgan fingerprint density at radius 2 is 2.19 bits per heavy atom. The molecule has 2 rings (SSSR count). The zero-order chi connectivity index (χ0) is 11.7. The molecule has 4 nitrogen and oxygen atoms in total. The number of nitrogens with zero attached hydrogens (tertiary/aromatic N) is 2. The predicted octanol–water partition coefficient (Wildman–Crippen LogP) is 1.61. The first-order chi connectivity index (χ1) is 7.61. The first-order valence-corrected chi connectivity index (χ1v) is 5.75. The van der Waals surface area contributed by atoms with E-state index >= 15 is 0 Å². The van der Waals surface area contributed by atoms with Crippen LogP contribution in [0.1, 0.15) is 6.92 Å². The molecule has 16 heavy (non-hydrogen) atoms. The molecular weight excluding hydrogens is 222 g/mol. The molecule has 0 spiro atoms. The van der Waals surface area contributed by atoms with E-state index in [1.54, 1.807) is 11.8 Å². The van der Waals surface area contributed by atoms with Gasteiger partial charge in [-0.2, -0.15) is 4.37 Å². The minimum Gasteiger partial charge on any atom is -0.368 e. The number of primary amides is 1. The molecular formula is C11H13N3OS. The lowest BCUT2D eigenvalue weighted by atomic mass is 10.2. The van der Waals surface area contributed by atoms with Crippen LogP contribution >= 0.6 is 11.5 Å². The maximum absolute atomic E-state index is 11.1. The van der Waals surface area contributed by atoms with Crippen molar-refractivity contribution in [1.29, 1.82) is 0 Å². The van der Waals surface area contributed by atoms with E-state index in [0.717, 1.165) is 15.9 Å². The fourth-order valence-corrected chi connectivity index (χ4v) is 2.31. The third-order valence-corrected chi connectivity index (χ3v) is 3.50. The number of fused-ring (bicyclic) bond motifs is 1. The number of hydrogen-bond donors (Lipinski definition) is 1. The highest BCUT2D eigenvalue weighted by atomic mass is 32.1. The van der Waals surface area contributed by atoms with Crippen LogP contribution in [-0.4, -0.2) is 23.4 Å². The number of carbonyl (C=O) groups is 1. The number of rotatable bonds is 3. The maximum Gasteiger partial charge on any atom is 0.239 e. The Kier molecular flexibility index (Phi) is 2.78. The number of carbonyl (C=O) groups excluding carboxylic acids is 1. The quantitative estimate of drug-likeness (QED) is 0.879. The summed E-state index contributed by atoms with van der Waals surface area (Å²) in [6.07, 6.45) is 0. The molecule has 84 valence electrons. The molecule has 1 amide bonds. The first-order valence-electron chi connectivity index (χ1n) is 4.98. The number of likely N-dealkylation sites (N-methyl/N-ethyl adjacent to an activating group) is 1. The minimum atomic E-state index is -0.356. The maximum atomic E-state index is 11.1. The molecule has 0 saturated heterocycles. The van der Waals surface area contributed by atoms with Crippen LogP contribution in [0.15, 0.2) is 24.3 Å². The fraction of sp³-hybridized carbons (Fsp3) is 0.273. The Balaban J connectivity index is 2.44. The average molecular weight is 235 g/mol. The van der Waals surface area contributed by atoms with Crippen LogP contribution in [0.2, 0.25) is 0 Å². The van der Waals surface area contributed by atoms with Crippen molar-refractivity contribution in [3.05, 3.63) is 24.3 Å². The molecule has 1 heterocycles. The number of hydrogen-bond acceptors (Lipinski definition) is 4. The lowest BCUT2D eigenvalue weighted by Crippen LogP contribution is -2.40. The summed E-state index contributed by atoms with van der Waals surface area (Å²) in [5, 5.41) is 1.06. The van der Waals surface area contributed by atoms with Crippen molar-refractivity contribution in [3.8, 4) is 0 Å². The molecule has 5 heteroatoms. The van der Waals surface area contributed by atoms with Gasteiger partial charge in [-0.3, -0.25) is 4.79 Å². The Labute approximate surface area is 97.8 Å². The lowest BCUT2D eigenvalue weighted by Gasteiger charge is -2.22. The van der Waals surface area contributed by atoms with E-state index in [0.29, 0.717) is 0 Å². The molecule has 2 aromatic rings. The highest BCUT2D eigenvalue weighted by molar-refractivity contribution is 7.13. The SMILES string of the molecule is CC(C(N)=O)N(C)c1nsc2ccccc12. The third-order valence-electron chi connectivity index (χ3n) is 2.69. The molecule has 2 N–H and O–H groups in total. The standard InChI is InChI=1S/C11H13N3OS/c1-7(10(12)15)14(2)11-8-5-3-4-6-9(8)16-13-11/h3-7H,1-2H3,(H2,12,15). The Hall–Kier alpha value is -1.62. The molecule has 1 aromatic heterocycles. The first kappa shape index (κ1) is 10.9. The van der Waals surface area contributed by atoms with Crippen LogP contribution in [0, 0.1) is 0 Å². The van der Waals surface area contributed by atoms with Gasteiger partial charge in [-0.05, 0) is 30.6 Å². The second-order valence-electron chi connectivity index (χ2n) is 3.69. The van der Waals surface area contributed by atoms with Crippen molar-refractivity contribution in [2.75, 3.05) is 11.9 Å². The summed E-state index contributed by atoms with van der Waals surface area (Å²) in [5.41, 5.74) is 5.28. The molecule has 0 fully saturated rings. The van der Waals surface area contributed by atoms with Crippen LogP contribution in [0.25, 0.3) is 10.1 Å². The topological polar surface area (TPSA) is 59.2 Å². The molecule has 1 unspecified atom stereocenters. The van der Waals surface area contributed by atoms with Gasteiger partial charge < -0.3 is 10.6 Å². The molecule has 0 radical (unpaired) electrons. The Bertz CT molecular complexity index is 523. The van der Waals surface area contributed by atoms with Crippen molar-refractivity contribution in [3.63, 3.8) is 0 Å². The van der Waals surface area contributed by atoms with Crippen LogP contribution in [0.5, 0.6) is 0 Å². The number of benzene rings is 1. The summed E-state index contributed by atoms with van der Waals surface area (Å²) in [6, 6.07) is 7.59. The normalized spacial score (nSPS) is 12.6. The molecule has 0 bridgehead atoms. The van der Waals surface area contributed by atoms with E-state index < -0.39 is 0 Å². The second kappa shape index (κ2) is 4.09. The zero-order valence-corrected chi connectivity index (χ0v) is 9.99. The highest BCUT2D eigenvalue weighted by Crippen LogP contribution is 2.29. The van der Waals surface area contributed by atoms with Crippen molar-refractivity contribution >= 4 is 33.3 Å². The summed E-state index contributed by atoms with van der Waals surface area (Å²) >= 11 is 1.43. The zero-order valence-electron chi connectivity index (χ0n) is 9.18. The highest BCUT2D eigenvalue weighted by Gasteiger charge is 2.19. The van der Waals surface area contributed by atoms with Gasteiger partial charge in [0.05, 0.1) is 4.70 Å². The van der Waals surface area contributed by atoms with Crippen LogP contribution in [0.3, 0.4) is 0 Å². The van der Waals surface area contributed by atoms with Gasteiger partial charge in [-0.25, -0.2) is 0 Å². The van der Waals surface area contributed by atoms with Gasteiger partial charge in [-0.15, -0.1) is 0 Å². The molecule has 0 aliphatic heterocycles.